The number of nitrogens with two attached hydrogens (primary N) is 1. The van der Waals surface area contributed by atoms with Gasteiger partial charge in [0.2, 0.25) is 0 Å². The summed E-state index contributed by atoms with van der Waals surface area (Å²) in [7, 11) is 0. The van der Waals surface area contributed by atoms with Gasteiger partial charge in [-0.15, -0.1) is 0 Å². The second-order valence-electron chi connectivity index (χ2n) is 6.07. The molecule has 0 bridgehead atoms. The minimum Gasteiger partial charge on any atom is -0.491 e. The van der Waals surface area contributed by atoms with E-state index in [0.29, 0.717) is 19.3 Å². The Morgan fingerprint density at radius 3 is 2.81 bits per heavy atom. The molecule has 118 valence electrons. The van der Waals surface area contributed by atoms with Gasteiger partial charge in [-0.1, -0.05) is 0 Å². The SMILES string of the molecule is Cc1cc(N2CCCC(N)C2)ccc1OCCOC(C)C. The molecule has 0 saturated carbocycles. The first-order chi connectivity index (χ1) is 10.1. The predicted octanol–water partition coefficient (Wildman–Crippen LogP) is 2.73. The molecule has 0 radical (unpaired) electrons. The maximum Gasteiger partial charge on any atom is 0.122 e. The maximum atomic E-state index is 6.06. The van der Waals surface area contributed by atoms with Crippen LogP contribution in [0.1, 0.15) is 32.3 Å². The number of nitrogens with zero attached hydrogens (tertiary/aromatic N) is 1. The molecule has 2 rings (SSSR count). The van der Waals surface area contributed by atoms with Crippen molar-refractivity contribution in [1.82, 2.24) is 0 Å². The van der Waals surface area contributed by atoms with Crippen LogP contribution in [0.25, 0.3) is 0 Å². The van der Waals surface area contributed by atoms with Crippen LogP contribution in [0.4, 0.5) is 5.69 Å². The van der Waals surface area contributed by atoms with Crippen molar-refractivity contribution in [3.05, 3.63) is 23.8 Å². The molecule has 2 N–H and O–H groups in total. The molecule has 0 aromatic heterocycles. The highest BCUT2D eigenvalue weighted by molar-refractivity contribution is 5.53. The van der Waals surface area contributed by atoms with Gasteiger partial charge in [0.1, 0.15) is 12.4 Å². The summed E-state index contributed by atoms with van der Waals surface area (Å²) in [5, 5.41) is 0. The molecule has 4 nitrogen and oxygen atoms in total. The molecule has 1 aliphatic rings. The lowest BCUT2D eigenvalue weighted by Crippen LogP contribution is -2.42. The molecule has 0 amide bonds. The molecule has 21 heavy (non-hydrogen) atoms. The molecule has 1 fully saturated rings. The van der Waals surface area contributed by atoms with E-state index in [1.54, 1.807) is 0 Å². The van der Waals surface area contributed by atoms with Crippen LogP contribution in [0.3, 0.4) is 0 Å². The van der Waals surface area contributed by atoms with Crippen molar-refractivity contribution < 1.29 is 9.47 Å². The highest BCUT2D eigenvalue weighted by atomic mass is 16.5. The lowest BCUT2D eigenvalue weighted by atomic mass is 10.1. The summed E-state index contributed by atoms with van der Waals surface area (Å²) in [4.78, 5) is 2.37. The van der Waals surface area contributed by atoms with Crippen LogP contribution in [0.5, 0.6) is 5.75 Å². The highest BCUT2D eigenvalue weighted by Gasteiger charge is 2.17. The van der Waals surface area contributed by atoms with Crippen molar-refractivity contribution in [2.24, 2.45) is 5.73 Å². The Labute approximate surface area is 128 Å². The number of piperidine rings is 1. The fraction of sp³-hybridized carbons (Fsp3) is 0.647. The van der Waals surface area contributed by atoms with Crippen molar-refractivity contribution in [2.75, 3.05) is 31.2 Å². The van der Waals surface area contributed by atoms with Crippen molar-refractivity contribution in [3.63, 3.8) is 0 Å². The average Bonchev–Trinajstić information content (AvgIpc) is 2.44. The van der Waals surface area contributed by atoms with Crippen LogP contribution in [0.15, 0.2) is 18.2 Å². The fourth-order valence-electron chi connectivity index (χ4n) is 2.67. The second-order valence-corrected chi connectivity index (χ2v) is 6.07. The highest BCUT2D eigenvalue weighted by Crippen LogP contribution is 2.26. The Balaban J connectivity index is 1.91. The van der Waals surface area contributed by atoms with Crippen molar-refractivity contribution in [3.8, 4) is 5.75 Å². The number of benzene rings is 1. The number of anilines is 1. The Hall–Kier alpha value is -1.26. The minimum absolute atomic E-state index is 0.250. The van der Waals surface area contributed by atoms with E-state index >= 15 is 0 Å². The van der Waals surface area contributed by atoms with Crippen molar-refractivity contribution >= 4 is 5.69 Å². The molecule has 0 spiro atoms. The van der Waals surface area contributed by atoms with Gasteiger partial charge in [-0.25, -0.2) is 0 Å². The van der Waals surface area contributed by atoms with E-state index < -0.39 is 0 Å². The van der Waals surface area contributed by atoms with Gasteiger partial charge in [0.15, 0.2) is 0 Å². The zero-order valence-electron chi connectivity index (χ0n) is 13.5. The summed E-state index contributed by atoms with van der Waals surface area (Å²) < 4.78 is 11.3. The minimum atomic E-state index is 0.250. The molecule has 1 aliphatic heterocycles. The lowest BCUT2D eigenvalue weighted by Gasteiger charge is -2.33. The Morgan fingerprint density at radius 1 is 1.33 bits per heavy atom. The standard InChI is InChI=1S/C17H28N2O2/c1-13(2)20-9-10-21-17-7-6-16(11-14(17)3)19-8-4-5-15(18)12-19/h6-7,11,13,15H,4-5,8-10,12,18H2,1-3H3. The third-order valence-corrected chi connectivity index (χ3v) is 3.77. The third kappa shape index (κ3) is 4.90. The number of hydrogen-bond acceptors (Lipinski definition) is 4. The topological polar surface area (TPSA) is 47.7 Å². The van der Waals surface area contributed by atoms with Gasteiger partial charge in [0.05, 0.1) is 12.7 Å². The van der Waals surface area contributed by atoms with Crippen molar-refractivity contribution in [1.29, 1.82) is 0 Å². The quantitative estimate of drug-likeness (QED) is 0.819. The monoisotopic (exact) mass is 292 g/mol. The zero-order chi connectivity index (χ0) is 15.2. The van der Waals surface area contributed by atoms with Gasteiger partial charge < -0.3 is 20.1 Å². The van der Waals surface area contributed by atoms with E-state index in [-0.39, 0.29) is 6.10 Å². The molecular weight excluding hydrogens is 264 g/mol. The normalized spacial score (nSPS) is 19.1. The first-order valence-corrected chi connectivity index (χ1v) is 7.92. The van der Waals surface area contributed by atoms with Crippen LogP contribution >= 0.6 is 0 Å². The van der Waals surface area contributed by atoms with Crippen LogP contribution < -0.4 is 15.4 Å². The van der Waals surface area contributed by atoms with Crippen LogP contribution in [0.2, 0.25) is 0 Å². The first-order valence-electron chi connectivity index (χ1n) is 7.92. The number of rotatable bonds is 6. The fourth-order valence-corrected chi connectivity index (χ4v) is 2.67. The van der Waals surface area contributed by atoms with Crippen LogP contribution in [-0.2, 0) is 4.74 Å². The van der Waals surface area contributed by atoms with Crippen molar-refractivity contribution in [2.45, 2.75) is 45.8 Å². The van der Waals surface area contributed by atoms with E-state index in [4.69, 9.17) is 15.2 Å². The van der Waals surface area contributed by atoms with E-state index in [2.05, 4.69) is 30.0 Å². The predicted molar refractivity (Wildman–Crippen MR) is 87.2 cm³/mol. The number of ether oxygens (including phenoxy) is 2. The largest absolute Gasteiger partial charge is 0.491 e. The molecule has 1 atom stereocenters. The second kappa shape index (κ2) is 7.66. The Kier molecular flexibility index (Phi) is 5.88. The van der Waals surface area contributed by atoms with Gasteiger partial charge in [0.25, 0.3) is 0 Å². The summed E-state index contributed by atoms with van der Waals surface area (Å²) >= 11 is 0. The maximum absolute atomic E-state index is 6.06. The van der Waals surface area contributed by atoms with E-state index in [9.17, 15) is 0 Å². The smallest absolute Gasteiger partial charge is 0.122 e. The Morgan fingerprint density at radius 2 is 2.14 bits per heavy atom. The molecule has 1 heterocycles. The van der Waals surface area contributed by atoms with E-state index in [0.717, 1.165) is 30.8 Å². The summed E-state index contributed by atoms with van der Waals surface area (Å²) in [6, 6.07) is 6.67. The zero-order valence-corrected chi connectivity index (χ0v) is 13.5. The molecule has 1 aromatic rings. The number of aryl methyl sites for hydroxylation is 1. The molecule has 1 aromatic carbocycles. The van der Waals surface area contributed by atoms with Crippen LogP contribution in [-0.4, -0.2) is 38.4 Å². The third-order valence-electron chi connectivity index (χ3n) is 3.77. The summed E-state index contributed by atoms with van der Waals surface area (Å²) in [6.07, 6.45) is 2.55. The molecule has 0 aliphatic carbocycles. The van der Waals surface area contributed by atoms with Gasteiger partial charge in [-0.05, 0) is 57.4 Å². The van der Waals surface area contributed by atoms with Gasteiger partial charge in [0, 0.05) is 24.8 Å². The van der Waals surface area contributed by atoms with Gasteiger partial charge >= 0.3 is 0 Å². The molecule has 1 saturated heterocycles. The molecule has 1 unspecified atom stereocenters. The summed E-state index contributed by atoms with van der Waals surface area (Å²) in [6.45, 7) is 9.41. The number of hydrogen-bond donors (Lipinski definition) is 1. The van der Waals surface area contributed by atoms with E-state index in [1.165, 1.54) is 12.1 Å². The van der Waals surface area contributed by atoms with E-state index in [1.807, 2.05) is 13.8 Å². The van der Waals surface area contributed by atoms with Gasteiger partial charge in [-0.2, -0.15) is 0 Å². The van der Waals surface area contributed by atoms with Crippen LogP contribution in [0, 0.1) is 6.92 Å². The Bertz CT molecular complexity index is 448. The molecule has 4 heteroatoms. The first kappa shape index (κ1) is 16.1. The summed E-state index contributed by atoms with van der Waals surface area (Å²) in [5.41, 5.74) is 8.46. The molecular formula is C17H28N2O2. The average molecular weight is 292 g/mol. The van der Waals surface area contributed by atoms with Gasteiger partial charge in [-0.3, -0.25) is 0 Å². The summed E-state index contributed by atoms with van der Waals surface area (Å²) in [5.74, 6) is 0.937. The lowest BCUT2D eigenvalue weighted by molar-refractivity contribution is 0.0551.